The number of carboxylic acid groups (broad SMARTS) is 1. The number of ether oxygens (including phenoxy) is 1. The molecule has 1 unspecified atom stereocenters. The monoisotopic (exact) mass is 314 g/mol. The van der Waals surface area contributed by atoms with Crippen LogP contribution in [0.25, 0.3) is 0 Å². The van der Waals surface area contributed by atoms with Crippen molar-refractivity contribution in [1.82, 2.24) is 0 Å². The first-order valence-electron chi connectivity index (χ1n) is 9.01. The highest BCUT2D eigenvalue weighted by Gasteiger charge is 2.17. The molecule has 130 valence electrons. The third-order valence-electron chi connectivity index (χ3n) is 3.81. The number of esters is 1. The molecule has 1 N–H and O–H groups in total. The lowest BCUT2D eigenvalue weighted by atomic mass is 10.1. The van der Waals surface area contributed by atoms with Gasteiger partial charge in [-0.25, -0.2) is 0 Å². The molecule has 0 bridgehead atoms. The summed E-state index contributed by atoms with van der Waals surface area (Å²) in [5.74, 6) is -1.14. The summed E-state index contributed by atoms with van der Waals surface area (Å²) in [5, 5.41) is 8.92. The normalized spacial score (nSPS) is 12.1. The molecule has 0 aliphatic heterocycles. The molecule has 0 aromatic carbocycles. The van der Waals surface area contributed by atoms with Crippen molar-refractivity contribution in [3.05, 3.63) is 0 Å². The fourth-order valence-corrected chi connectivity index (χ4v) is 2.49. The van der Waals surface area contributed by atoms with Crippen molar-refractivity contribution in [1.29, 1.82) is 0 Å². The van der Waals surface area contributed by atoms with Crippen LogP contribution in [0.5, 0.6) is 0 Å². The molecule has 1 atom stereocenters. The Morgan fingerprint density at radius 1 is 0.864 bits per heavy atom. The van der Waals surface area contributed by atoms with Crippen molar-refractivity contribution in [2.75, 3.05) is 0 Å². The molecule has 0 aromatic rings. The van der Waals surface area contributed by atoms with Gasteiger partial charge in [0.1, 0.15) is 6.10 Å². The van der Waals surface area contributed by atoms with Crippen LogP contribution in [-0.4, -0.2) is 23.1 Å². The van der Waals surface area contributed by atoms with Crippen LogP contribution in [0.15, 0.2) is 0 Å². The van der Waals surface area contributed by atoms with Gasteiger partial charge in [-0.05, 0) is 19.3 Å². The summed E-state index contributed by atoms with van der Waals surface area (Å²) in [6.45, 7) is 4.31. The van der Waals surface area contributed by atoms with Crippen molar-refractivity contribution in [3.63, 3.8) is 0 Å². The predicted molar refractivity (Wildman–Crippen MR) is 88.9 cm³/mol. The van der Waals surface area contributed by atoms with Crippen molar-refractivity contribution in [2.45, 2.75) is 103 Å². The Kier molecular flexibility index (Phi) is 14.1. The highest BCUT2D eigenvalue weighted by atomic mass is 16.5. The van der Waals surface area contributed by atoms with E-state index in [1.165, 1.54) is 25.7 Å². The van der Waals surface area contributed by atoms with E-state index in [0.717, 1.165) is 38.5 Å². The third-order valence-corrected chi connectivity index (χ3v) is 3.81. The minimum absolute atomic E-state index is 0.0737. The van der Waals surface area contributed by atoms with E-state index in [1.54, 1.807) is 0 Å². The molecule has 0 aliphatic rings. The number of carboxylic acids is 1. The Hall–Kier alpha value is -1.06. The van der Waals surface area contributed by atoms with E-state index in [0.29, 0.717) is 12.8 Å². The fraction of sp³-hybridized carbons (Fsp3) is 0.889. The average molecular weight is 314 g/mol. The van der Waals surface area contributed by atoms with Crippen LogP contribution in [0.4, 0.5) is 0 Å². The molecule has 0 aromatic heterocycles. The third kappa shape index (κ3) is 13.9. The molecule has 0 saturated heterocycles. The maximum atomic E-state index is 11.8. The number of carbonyl (C=O) groups excluding carboxylic acids is 1. The zero-order valence-corrected chi connectivity index (χ0v) is 14.4. The number of rotatable bonds is 15. The first-order valence-corrected chi connectivity index (χ1v) is 9.01. The quantitative estimate of drug-likeness (QED) is 0.337. The summed E-state index contributed by atoms with van der Waals surface area (Å²) in [6, 6.07) is 0. The van der Waals surface area contributed by atoms with Gasteiger partial charge in [0.15, 0.2) is 0 Å². The summed E-state index contributed by atoms with van der Waals surface area (Å²) in [6.07, 6.45) is 11.6. The molecule has 0 aliphatic carbocycles. The Morgan fingerprint density at radius 2 is 1.41 bits per heavy atom. The minimum atomic E-state index is -0.894. The summed E-state index contributed by atoms with van der Waals surface area (Å²) >= 11 is 0. The molecule has 0 radical (unpaired) electrons. The van der Waals surface area contributed by atoms with Crippen LogP contribution in [0.3, 0.4) is 0 Å². The van der Waals surface area contributed by atoms with Crippen LogP contribution >= 0.6 is 0 Å². The van der Waals surface area contributed by atoms with Crippen LogP contribution in [0.2, 0.25) is 0 Å². The zero-order chi connectivity index (χ0) is 16.6. The van der Waals surface area contributed by atoms with Crippen molar-refractivity contribution >= 4 is 11.9 Å². The highest BCUT2D eigenvalue weighted by molar-refractivity contribution is 5.71. The van der Waals surface area contributed by atoms with Gasteiger partial charge in [0.25, 0.3) is 0 Å². The SMILES string of the molecule is CCCCCCCCC(CC(=O)O)OC(=O)CCCCCC. The first-order chi connectivity index (χ1) is 10.6. The van der Waals surface area contributed by atoms with Gasteiger partial charge in [0.2, 0.25) is 0 Å². The molecule has 0 saturated carbocycles. The van der Waals surface area contributed by atoms with Crippen molar-refractivity contribution in [3.8, 4) is 0 Å². The average Bonchev–Trinajstić information content (AvgIpc) is 2.46. The summed E-state index contributed by atoms with van der Waals surface area (Å²) in [7, 11) is 0. The Balaban J connectivity index is 3.90. The smallest absolute Gasteiger partial charge is 0.307 e. The van der Waals surface area contributed by atoms with Gasteiger partial charge in [-0.1, -0.05) is 65.2 Å². The number of aliphatic carboxylic acids is 1. The maximum Gasteiger partial charge on any atom is 0.307 e. The van der Waals surface area contributed by atoms with E-state index in [4.69, 9.17) is 9.84 Å². The maximum absolute atomic E-state index is 11.8. The molecule has 22 heavy (non-hydrogen) atoms. The molecule has 0 amide bonds. The zero-order valence-electron chi connectivity index (χ0n) is 14.4. The van der Waals surface area contributed by atoms with Gasteiger partial charge in [-0.15, -0.1) is 0 Å². The molecule has 0 fully saturated rings. The highest BCUT2D eigenvalue weighted by Crippen LogP contribution is 2.14. The Labute approximate surface area is 135 Å². The van der Waals surface area contributed by atoms with E-state index < -0.39 is 12.1 Å². The van der Waals surface area contributed by atoms with E-state index in [2.05, 4.69) is 13.8 Å². The van der Waals surface area contributed by atoms with Gasteiger partial charge in [-0.2, -0.15) is 0 Å². The standard InChI is InChI=1S/C18H34O4/c1-3-5-7-9-10-11-13-16(15-17(19)20)22-18(21)14-12-8-6-4-2/h16H,3-15H2,1-2H3,(H,19,20). The van der Waals surface area contributed by atoms with E-state index >= 15 is 0 Å². The molecule has 0 rings (SSSR count). The van der Waals surface area contributed by atoms with Crippen LogP contribution in [-0.2, 0) is 14.3 Å². The van der Waals surface area contributed by atoms with Crippen molar-refractivity contribution in [2.24, 2.45) is 0 Å². The molecular weight excluding hydrogens is 280 g/mol. The molecule has 0 heterocycles. The van der Waals surface area contributed by atoms with Crippen LogP contribution in [0, 0.1) is 0 Å². The van der Waals surface area contributed by atoms with E-state index in [1.807, 2.05) is 0 Å². The number of carbonyl (C=O) groups is 2. The summed E-state index contributed by atoms with van der Waals surface area (Å²) in [5.41, 5.74) is 0. The fourth-order valence-electron chi connectivity index (χ4n) is 2.49. The Morgan fingerprint density at radius 3 is 2.00 bits per heavy atom. The molecular formula is C18H34O4. The molecule has 4 heteroatoms. The van der Waals surface area contributed by atoms with Gasteiger partial charge in [0, 0.05) is 6.42 Å². The number of unbranched alkanes of at least 4 members (excludes halogenated alkanes) is 8. The largest absolute Gasteiger partial charge is 0.481 e. The summed E-state index contributed by atoms with van der Waals surface area (Å²) in [4.78, 5) is 22.6. The predicted octanol–water partition coefficient (Wildman–Crippen LogP) is 5.09. The minimum Gasteiger partial charge on any atom is -0.481 e. The van der Waals surface area contributed by atoms with Crippen LogP contribution in [0.1, 0.15) is 97.3 Å². The lowest BCUT2D eigenvalue weighted by molar-refractivity contribution is -0.153. The lowest BCUT2D eigenvalue weighted by Gasteiger charge is -2.16. The molecule has 4 nitrogen and oxygen atoms in total. The first kappa shape index (κ1) is 20.9. The van der Waals surface area contributed by atoms with Gasteiger partial charge < -0.3 is 9.84 Å². The second-order valence-corrected chi connectivity index (χ2v) is 6.08. The Bertz CT molecular complexity index is 289. The summed E-state index contributed by atoms with van der Waals surface area (Å²) < 4.78 is 5.35. The molecule has 0 spiro atoms. The second-order valence-electron chi connectivity index (χ2n) is 6.08. The van der Waals surface area contributed by atoms with Crippen molar-refractivity contribution < 1.29 is 19.4 Å². The second kappa shape index (κ2) is 14.9. The van der Waals surface area contributed by atoms with E-state index in [9.17, 15) is 9.59 Å². The lowest BCUT2D eigenvalue weighted by Crippen LogP contribution is -2.21. The van der Waals surface area contributed by atoms with Gasteiger partial charge in [0.05, 0.1) is 6.42 Å². The van der Waals surface area contributed by atoms with Crippen LogP contribution < -0.4 is 0 Å². The number of hydrogen-bond acceptors (Lipinski definition) is 3. The number of hydrogen-bond donors (Lipinski definition) is 1. The topological polar surface area (TPSA) is 63.6 Å². The van der Waals surface area contributed by atoms with E-state index in [-0.39, 0.29) is 12.4 Å². The van der Waals surface area contributed by atoms with Gasteiger partial charge in [-0.3, -0.25) is 9.59 Å². The van der Waals surface area contributed by atoms with Gasteiger partial charge >= 0.3 is 11.9 Å².